The number of phenols is 1. The summed E-state index contributed by atoms with van der Waals surface area (Å²) in [7, 11) is 1.33. The van der Waals surface area contributed by atoms with Gasteiger partial charge < -0.3 is 14.6 Å². The summed E-state index contributed by atoms with van der Waals surface area (Å²) in [4.78, 5) is 31.6. The van der Waals surface area contributed by atoms with Gasteiger partial charge in [-0.3, -0.25) is 9.36 Å². The smallest absolute Gasteiger partial charge is 0.338 e. The topological polar surface area (TPSA) is 90.1 Å². The summed E-state index contributed by atoms with van der Waals surface area (Å²) in [5.74, 6) is -0.188. The van der Waals surface area contributed by atoms with E-state index < -0.39 is 12.0 Å². The number of halogens is 1. The Bertz CT molecular complexity index is 1460. The fourth-order valence-electron chi connectivity index (χ4n) is 3.91. The molecule has 0 bridgehead atoms. The van der Waals surface area contributed by atoms with E-state index in [0.717, 1.165) is 5.56 Å². The second-order valence-corrected chi connectivity index (χ2v) is 9.34. The van der Waals surface area contributed by atoms with Crippen LogP contribution in [0.1, 0.15) is 37.4 Å². The molecule has 176 valence electrons. The lowest BCUT2D eigenvalue weighted by molar-refractivity contribution is -0.136. The molecule has 0 aliphatic carbocycles. The Balaban J connectivity index is 1.97. The Hall–Kier alpha value is -3.17. The van der Waals surface area contributed by atoms with Crippen molar-refractivity contribution in [2.24, 2.45) is 4.99 Å². The Morgan fingerprint density at radius 3 is 2.65 bits per heavy atom. The Morgan fingerprint density at radius 2 is 2.00 bits per heavy atom. The highest BCUT2D eigenvalue weighted by atomic mass is 79.9. The van der Waals surface area contributed by atoms with Gasteiger partial charge in [0.25, 0.3) is 5.56 Å². The summed E-state index contributed by atoms with van der Waals surface area (Å²) < 4.78 is 13.0. The molecular weight excluding hydrogens is 520 g/mol. The molecule has 9 heteroatoms. The fraction of sp³-hybridized carbons (Fsp3) is 0.240. The lowest BCUT2D eigenvalue weighted by Crippen LogP contribution is -2.40. The standard InChI is InChI=1S/C25H23BrN2O5S/c1-4-17-20(24(31)32-3)21(15-9-7-6-8-10-15)28-23(30)19(34-25(28)27-17)13-14-11-16(26)22(29)18(12-14)33-5-2/h6-13,21,29H,4-5H2,1-3H3/b19-13-/t21-/m1/s1. The van der Waals surface area contributed by atoms with Crippen LogP contribution in [0, 0.1) is 0 Å². The van der Waals surface area contributed by atoms with Gasteiger partial charge in [0.15, 0.2) is 16.3 Å². The first-order chi connectivity index (χ1) is 16.4. The van der Waals surface area contributed by atoms with Gasteiger partial charge in [0.1, 0.15) is 0 Å². The number of benzene rings is 2. The summed E-state index contributed by atoms with van der Waals surface area (Å²) in [6.07, 6.45) is 2.24. The highest BCUT2D eigenvalue weighted by Crippen LogP contribution is 2.36. The largest absolute Gasteiger partial charge is 0.503 e. The number of carbonyl (C=O) groups excluding carboxylic acids is 1. The number of phenolic OH excluding ortho intramolecular Hbond substituents is 1. The molecule has 0 fully saturated rings. The second-order valence-electron chi connectivity index (χ2n) is 7.48. The first-order valence-corrected chi connectivity index (χ1v) is 12.3. The molecule has 0 unspecified atom stereocenters. The molecule has 1 atom stereocenters. The lowest BCUT2D eigenvalue weighted by Gasteiger charge is -2.25. The molecule has 0 amide bonds. The number of thiazole rings is 1. The van der Waals surface area contributed by atoms with Gasteiger partial charge in [-0.1, -0.05) is 48.6 Å². The number of allylic oxidation sites excluding steroid dienone is 1. The zero-order valence-corrected chi connectivity index (χ0v) is 21.3. The van der Waals surface area contributed by atoms with E-state index in [9.17, 15) is 14.7 Å². The highest BCUT2D eigenvalue weighted by molar-refractivity contribution is 9.10. The van der Waals surface area contributed by atoms with Crippen LogP contribution in [0.5, 0.6) is 11.5 Å². The fourth-order valence-corrected chi connectivity index (χ4v) is 5.39. The first kappa shape index (κ1) is 24.0. The van der Waals surface area contributed by atoms with Crippen LogP contribution in [0.4, 0.5) is 0 Å². The van der Waals surface area contributed by atoms with Crippen LogP contribution in [0.3, 0.4) is 0 Å². The third-order valence-electron chi connectivity index (χ3n) is 5.41. The molecule has 1 aromatic heterocycles. The second kappa shape index (κ2) is 9.99. The number of ether oxygens (including phenoxy) is 2. The van der Waals surface area contributed by atoms with Crippen LogP contribution in [0.2, 0.25) is 0 Å². The van der Waals surface area contributed by atoms with E-state index in [1.54, 1.807) is 22.8 Å². The maximum Gasteiger partial charge on any atom is 0.338 e. The highest BCUT2D eigenvalue weighted by Gasteiger charge is 2.33. The van der Waals surface area contributed by atoms with Crippen LogP contribution in [-0.2, 0) is 9.53 Å². The number of aromatic hydroxyl groups is 1. The van der Waals surface area contributed by atoms with Crippen molar-refractivity contribution in [3.8, 4) is 11.5 Å². The minimum absolute atomic E-state index is 0.000143. The monoisotopic (exact) mass is 542 g/mol. The minimum atomic E-state index is -0.646. The van der Waals surface area contributed by atoms with Gasteiger partial charge in [-0.15, -0.1) is 0 Å². The maximum atomic E-state index is 13.6. The number of methoxy groups -OCH3 is 1. The number of nitrogens with zero attached hydrogens (tertiary/aromatic N) is 2. The van der Waals surface area contributed by atoms with Crippen molar-refractivity contribution >= 4 is 39.3 Å². The molecule has 2 aromatic carbocycles. The van der Waals surface area contributed by atoms with E-state index in [-0.39, 0.29) is 11.3 Å². The number of esters is 1. The molecule has 1 N–H and O–H groups in total. The van der Waals surface area contributed by atoms with Crippen LogP contribution in [0.25, 0.3) is 6.08 Å². The number of fused-ring (bicyclic) bond motifs is 1. The van der Waals surface area contributed by atoms with Crippen molar-refractivity contribution in [2.75, 3.05) is 13.7 Å². The number of aromatic nitrogens is 1. The molecule has 0 saturated carbocycles. The van der Waals surface area contributed by atoms with Gasteiger partial charge >= 0.3 is 5.97 Å². The van der Waals surface area contributed by atoms with Crippen molar-refractivity contribution in [1.29, 1.82) is 0 Å². The Labute approximate surface area is 208 Å². The zero-order valence-electron chi connectivity index (χ0n) is 18.9. The van der Waals surface area contributed by atoms with E-state index >= 15 is 0 Å². The van der Waals surface area contributed by atoms with Gasteiger partial charge in [0.05, 0.1) is 40.0 Å². The summed E-state index contributed by atoms with van der Waals surface area (Å²) in [5.41, 5.74) is 2.16. The zero-order chi connectivity index (χ0) is 24.4. The quantitative estimate of drug-likeness (QED) is 0.480. The van der Waals surface area contributed by atoms with Crippen molar-refractivity contribution < 1.29 is 19.4 Å². The van der Waals surface area contributed by atoms with Crippen LogP contribution in [0.15, 0.2) is 68.0 Å². The van der Waals surface area contributed by atoms with Crippen molar-refractivity contribution in [1.82, 2.24) is 4.57 Å². The minimum Gasteiger partial charge on any atom is -0.503 e. The van der Waals surface area contributed by atoms with E-state index in [1.165, 1.54) is 18.4 Å². The molecule has 4 rings (SSSR count). The molecular formula is C25H23BrN2O5S. The summed E-state index contributed by atoms with van der Waals surface area (Å²) in [5, 5.41) is 10.2. The van der Waals surface area contributed by atoms with E-state index in [4.69, 9.17) is 9.47 Å². The van der Waals surface area contributed by atoms with Gasteiger partial charge in [-0.2, -0.15) is 0 Å². The molecule has 0 spiro atoms. The number of carbonyl (C=O) groups is 1. The van der Waals surface area contributed by atoms with Crippen molar-refractivity contribution in [3.63, 3.8) is 0 Å². The van der Waals surface area contributed by atoms with Crippen LogP contribution < -0.4 is 19.6 Å². The third kappa shape index (κ3) is 4.33. The summed E-state index contributed by atoms with van der Waals surface area (Å²) in [6, 6.07) is 12.1. The molecule has 1 aliphatic heterocycles. The molecule has 1 aliphatic rings. The number of hydrogen-bond acceptors (Lipinski definition) is 7. The Kier molecular flexibility index (Phi) is 7.04. The van der Waals surface area contributed by atoms with Crippen LogP contribution >= 0.6 is 27.3 Å². The van der Waals surface area contributed by atoms with Crippen molar-refractivity contribution in [3.05, 3.63) is 89.0 Å². The predicted molar refractivity (Wildman–Crippen MR) is 134 cm³/mol. The summed E-state index contributed by atoms with van der Waals surface area (Å²) >= 11 is 4.59. The van der Waals surface area contributed by atoms with Gasteiger partial charge in [-0.05, 0) is 58.6 Å². The van der Waals surface area contributed by atoms with E-state index in [1.807, 2.05) is 44.2 Å². The average molecular weight is 543 g/mol. The average Bonchev–Trinajstić information content (AvgIpc) is 3.15. The molecule has 7 nitrogen and oxygen atoms in total. The lowest BCUT2D eigenvalue weighted by atomic mass is 9.95. The Morgan fingerprint density at radius 1 is 1.26 bits per heavy atom. The maximum absolute atomic E-state index is 13.6. The summed E-state index contributed by atoms with van der Waals surface area (Å²) in [6.45, 7) is 4.13. The van der Waals surface area contributed by atoms with Gasteiger partial charge in [0, 0.05) is 0 Å². The molecule has 0 radical (unpaired) electrons. The first-order valence-electron chi connectivity index (χ1n) is 10.7. The molecule has 3 aromatic rings. The normalized spacial score (nSPS) is 15.6. The number of rotatable bonds is 6. The van der Waals surface area contributed by atoms with Crippen LogP contribution in [-0.4, -0.2) is 29.4 Å². The molecule has 34 heavy (non-hydrogen) atoms. The third-order valence-corrected chi connectivity index (χ3v) is 7.00. The van der Waals surface area contributed by atoms with Crippen molar-refractivity contribution in [2.45, 2.75) is 26.3 Å². The SMILES string of the molecule is CCOc1cc(/C=c2\sc3n(c2=O)[C@H](c2ccccc2)C(C(=O)OC)=C(CC)N=3)cc(Br)c1O. The van der Waals surface area contributed by atoms with E-state index in [0.29, 0.717) is 49.4 Å². The molecule has 2 heterocycles. The van der Waals surface area contributed by atoms with Gasteiger partial charge in [0.2, 0.25) is 0 Å². The van der Waals surface area contributed by atoms with E-state index in [2.05, 4.69) is 20.9 Å². The predicted octanol–water partition coefficient (Wildman–Crippen LogP) is 3.67. The number of hydrogen-bond donors (Lipinski definition) is 1. The molecule has 0 saturated heterocycles. The van der Waals surface area contributed by atoms with Gasteiger partial charge in [-0.25, -0.2) is 9.79 Å².